The minimum Gasteiger partial charge on any atom is -0.348 e. The van der Waals surface area contributed by atoms with Crippen LogP contribution in [0.15, 0.2) is 95.4 Å². The number of amides is 1. The van der Waals surface area contributed by atoms with Crippen molar-refractivity contribution in [3.63, 3.8) is 0 Å². The second-order valence-electron chi connectivity index (χ2n) is 8.62. The summed E-state index contributed by atoms with van der Waals surface area (Å²) in [6.07, 6.45) is 6.55. The molecule has 0 radical (unpaired) electrons. The summed E-state index contributed by atoms with van der Waals surface area (Å²) in [6, 6.07) is 23.1. The van der Waals surface area contributed by atoms with Crippen LogP contribution in [-0.4, -0.2) is 20.9 Å². The Hall–Kier alpha value is -3.38. The maximum atomic E-state index is 13.8. The van der Waals surface area contributed by atoms with Crippen LogP contribution in [0.3, 0.4) is 0 Å². The van der Waals surface area contributed by atoms with Gasteiger partial charge in [0.05, 0.1) is 22.7 Å². The highest BCUT2D eigenvalue weighted by Crippen LogP contribution is 2.29. The van der Waals surface area contributed by atoms with Crippen molar-refractivity contribution in [2.24, 2.45) is 0 Å². The van der Waals surface area contributed by atoms with E-state index in [0.717, 1.165) is 30.4 Å². The second-order valence-corrected chi connectivity index (χ2v) is 10.5. The van der Waals surface area contributed by atoms with Crippen LogP contribution in [0, 0.1) is 6.92 Å². The van der Waals surface area contributed by atoms with Crippen molar-refractivity contribution in [2.75, 3.05) is 10.8 Å². The van der Waals surface area contributed by atoms with Gasteiger partial charge in [0.15, 0.2) is 0 Å². The standard InChI is InChI=1S/C28H30N2O3S/c1-22-16-18-25(19-17-22)34(32,33)30(21-24-12-6-3-7-13-24)27-15-9-8-14-26(27)28(31)29-20-23-10-4-2-5-11-23/h3,6-10,12-19H,2,4-5,11,20-21H2,1H3,(H,29,31). The van der Waals surface area contributed by atoms with Gasteiger partial charge < -0.3 is 5.32 Å². The van der Waals surface area contributed by atoms with Crippen molar-refractivity contribution in [3.8, 4) is 0 Å². The highest BCUT2D eigenvalue weighted by Gasteiger charge is 2.28. The molecule has 0 saturated heterocycles. The Morgan fingerprint density at radius 1 is 0.912 bits per heavy atom. The number of nitrogens with one attached hydrogen (secondary N) is 1. The van der Waals surface area contributed by atoms with Crippen molar-refractivity contribution in [1.82, 2.24) is 5.32 Å². The number of carbonyl (C=O) groups is 1. The van der Waals surface area contributed by atoms with Crippen LogP contribution in [0.1, 0.15) is 47.2 Å². The molecule has 3 aromatic rings. The first-order valence-corrected chi connectivity index (χ1v) is 13.1. The third-order valence-electron chi connectivity index (χ3n) is 6.06. The number of aryl methyl sites for hydroxylation is 1. The first-order chi connectivity index (χ1) is 16.4. The van der Waals surface area contributed by atoms with Crippen LogP contribution < -0.4 is 9.62 Å². The van der Waals surface area contributed by atoms with Gasteiger partial charge in [-0.3, -0.25) is 9.10 Å². The van der Waals surface area contributed by atoms with Gasteiger partial charge in [0, 0.05) is 6.54 Å². The van der Waals surface area contributed by atoms with Crippen LogP contribution in [0.5, 0.6) is 0 Å². The topological polar surface area (TPSA) is 66.5 Å². The van der Waals surface area contributed by atoms with Gasteiger partial charge in [-0.2, -0.15) is 0 Å². The molecule has 6 heteroatoms. The Morgan fingerprint density at radius 2 is 1.62 bits per heavy atom. The lowest BCUT2D eigenvalue weighted by Gasteiger charge is -2.27. The van der Waals surface area contributed by atoms with Gasteiger partial charge in [0.1, 0.15) is 0 Å². The summed E-state index contributed by atoms with van der Waals surface area (Å²) in [6.45, 7) is 2.52. The number of carbonyl (C=O) groups excluding carboxylic acids is 1. The third-order valence-corrected chi connectivity index (χ3v) is 7.83. The van der Waals surface area contributed by atoms with Crippen LogP contribution in [-0.2, 0) is 16.6 Å². The molecule has 0 spiro atoms. The molecular formula is C28H30N2O3S. The molecule has 1 aliphatic rings. The van der Waals surface area contributed by atoms with Gasteiger partial charge >= 0.3 is 0 Å². The summed E-state index contributed by atoms with van der Waals surface area (Å²) in [5.74, 6) is -0.278. The number of hydrogen-bond acceptors (Lipinski definition) is 3. The Bertz CT molecular complexity index is 1270. The zero-order valence-electron chi connectivity index (χ0n) is 19.4. The molecule has 1 aliphatic carbocycles. The number of nitrogens with zero attached hydrogens (tertiary/aromatic N) is 1. The molecule has 0 atom stereocenters. The minimum atomic E-state index is -3.92. The van der Waals surface area contributed by atoms with Gasteiger partial charge in [0.2, 0.25) is 0 Å². The molecule has 34 heavy (non-hydrogen) atoms. The van der Waals surface area contributed by atoms with Crippen molar-refractivity contribution in [3.05, 3.63) is 107 Å². The smallest absolute Gasteiger partial charge is 0.264 e. The first kappa shape index (κ1) is 23.8. The lowest BCUT2D eigenvalue weighted by Crippen LogP contribution is -2.34. The lowest BCUT2D eigenvalue weighted by atomic mass is 9.99. The number of rotatable bonds is 8. The highest BCUT2D eigenvalue weighted by atomic mass is 32.2. The van der Waals surface area contributed by atoms with E-state index in [1.54, 1.807) is 48.5 Å². The van der Waals surface area contributed by atoms with Gasteiger partial charge in [-0.15, -0.1) is 0 Å². The maximum absolute atomic E-state index is 13.8. The van der Waals surface area contributed by atoms with Gasteiger partial charge in [-0.25, -0.2) is 8.42 Å². The zero-order valence-corrected chi connectivity index (χ0v) is 20.2. The molecule has 0 bridgehead atoms. The van der Waals surface area contributed by atoms with E-state index in [1.165, 1.54) is 16.3 Å². The number of benzene rings is 3. The van der Waals surface area contributed by atoms with E-state index < -0.39 is 10.0 Å². The summed E-state index contributed by atoms with van der Waals surface area (Å²) >= 11 is 0. The molecule has 176 valence electrons. The van der Waals surface area contributed by atoms with Crippen LogP contribution in [0.4, 0.5) is 5.69 Å². The molecular weight excluding hydrogens is 444 g/mol. The van der Waals surface area contributed by atoms with Gasteiger partial charge in [-0.05, 0) is 62.4 Å². The van der Waals surface area contributed by atoms with Gasteiger partial charge in [-0.1, -0.05) is 71.8 Å². The highest BCUT2D eigenvalue weighted by molar-refractivity contribution is 7.92. The first-order valence-electron chi connectivity index (χ1n) is 11.6. The van der Waals surface area contributed by atoms with E-state index in [1.807, 2.05) is 37.3 Å². The Labute approximate surface area is 202 Å². The predicted octanol–water partition coefficient (Wildman–Crippen LogP) is 5.62. The molecule has 5 nitrogen and oxygen atoms in total. The largest absolute Gasteiger partial charge is 0.348 e. The maximum Gasteiger partial charge on any atom is 0.264 e. The molecule has 0 unspecified atom stereocenters. The molecule has 3 aromatic carbocycles. The molecule has 0 heterocycles. The van der Waals surface area contributed by atoms with Crippen molar-refractivity contribution >= 4 is 21.6 Å². The van der Waals surface area contributed by atoms with E-state index in [9.17, 15) is 13.2 Å². The quantitative estimate of drug-likeness (QED) is 0.431. The van der Waals surface area contributed by atoms with E-state index in [2.05, 4.69) is 11.4 Å². The van der Waals surface area contributed by atoms with E-state index in [-0.39, 0.29) is 17.3 Å². The fraction of sp³-hybridized carbons (Fsp3) is 0.250. The number of hydrogen-bond donors (Lipinski definition) is 1. The van der Waals surface area contributed by atoms with E-state index in [0.29, 0.717) is 17.8 Å². The Morgan fingerprint density at radius 3 is 2.32 bits per heavy atom. The van der Waals surface area contributed by atoms with Gasteiger partial charge in [0.25, 0.3) is 15.9 Å². The van der Waals surface area contributed by atoms with Crippen LogP contribution >= 0.6 is 0 Å². The van der Waals surface area contributed by atoms with E-state index >= 15 is 0 Å². The average molecular weight is 475 g/mol. The second kappa shape index (κ2) is 10.7. The lowest BCUT2D eigenvalue weighted by molar-refractivity contribution is 0.0957. The summed E-state index contributed by atoms with van der Waals surface area (Å²) < 4.78 is 29.0. The molecule has 1 amide bonds. The molecule has 0 fully saturated rings. The van der Waals surface area contributed by atoms with Crippen molar-refractivity contribution in [1.29, 1.82) is 0 Å². The van der Waals surface area contributed by atoms with Crippen molar-refractivity contribution < 1.29 is 13.2 Å². The third kappa shape index (κ3) is 5.57. The SMILES string of the molecule is Cc1ccc(S(=O)(=O)N(Cc2ccccc2)c2ccccc2C(=O)NCC2=CCCCC2)cc1. The Kier molecular flexibility index (Phi) is 7.48. The Balaban J connectivity index is 1.71. The minimum absolute atomic E-state index is 0.118. The monoisotopic (exact) mass is 474 g/mol. The average Bonchev–Trinajstić information content (AvgIpc) is 2.87. The molecule has 0 aliphatic heterocycles. The van der Waals surface area contributed by atoms with Crippen LogP contribution in [0.25, 0.3) is 0 Å². The molecule has 0 aromatic heterocycles. The zero-order chi connectivity index (χ0) is 24.0. The predicted molar refractivity (Wildman–Crippen MR) is 136 cm³/mol. The summed E-state index contributed by atoms with van der Waals surface area (Å²) in [5.41, 5.74) is 3.74. The fourth-order valence-corrected chi connectivity index (χ4v) is 5.60. The number of sulfonamides is 1. The summed E-state index contributed by atoms with van der Waals surface area (Å²) in [5, 5.41) is 3.00. The molecule has 1 N–H and O–H groups in total. The van der Waals surface area contributed by atoms with Crippen LogP contribution in [0.2, 0.25) is 0 Å². The fourth-order valence-electron chi connectivity index (χ4n) is 4.12. The van der Waals surface area contributed by atoms with E-state index in [4.69, 9.17) is 0 Å². The normalized spacial score (nSPS) is 13.7. The molecule has 4 rings (SSSR count). The number of anilines is 1. The number of para-hydroxylation sites is 1. The summed E-state index contributed by atoms with van der Waals surface area (Å²) in [4.78, 5) is 13.4. The number of allylic oxidation sites excluding steroid dienone is 1. The summed E-state index contributed by atoms with van der Waals surface area (Å²) in [7, 11) is -3.92. The van der Waals surface area contributed by atoms with Crippen molar-refractivity contribution in [2.45, 2.75) is 44.0 Å². The molecule has 0 saturated carbocycles.